The average Bonchev–Trinajstić information content (AvgIpc) is 3.42. The van der Waals surface area contributed by atoms with Crippen molar-refractivity contribution in [3.05, 3.63) is 81.7 Å². The molecule has 1 saturated heterocycles. The maximum atomic E-state index is 13.7. The van der Waals surface area contributed by atoms with Gasteiger partial charge >= 0.3 is 6.09 Å². The van der Waals surface area contributed by atoms with Crippen LogP contribution in [-0.2, 0) is 34.3 Å². The van der Waals surface area contributed by atoms with Crippen LogP contribution in [0.3, 0.4) is 0 Å². The number of hydrogen-bond acceptors (Lipinski definition) is 8. The van der Waals surface area contributed by atoms with Gasteiger partial charge in [-0.2, -0.15) is 4.31 Å². The molecule has 3 amide bonds. The van der Waals surface area contributed by atoms with Crippen LogP contribution in [0.5, 0.6) is 0 Å². The number of sulfonamides is 1. The fraction of sp³-hybridized carbons (Fsp3) is 0.424. The number of carbonyl (C=O) groups excluding carboxylic acids is 3. The van der Waals surface area contributed by atoms with E-state index in [-0.39, 0.29) is 49.2 Å². The summed E-state index contributed by atoms with van der Waals surface area (Å²) in [5.41, 5.74) is 3.05. The molecule has 1 fully saturated rings. The second-order valence-electron chi connectivity index (χ2n) is 11.2. The lowest BCUT2D eigenvalue weighted by atomic mass is 10.0. The predicted molar refractivity (Wildman–Crippen MR) is 178 cm³/mol. The molecule has 0 unspecified atom stereocenters. The molecule has 0 saturated carbocycles. The second-order valence-corrected chi connectivity index (χ2v) is 14.2. The lowest BCUT2D eigenvalue weighted by Crippen LogP contribution is -2.50. The van der Waals surface area contributed by atoms with E-state index >= 15 is 0 Å². The molecule has 0 atom stereocenters. The minimum Gasteiger partial charge on any atom is -0.450 e. The van der Waals surface area contributed by atoms with Gasteiger partial charge in [0, 0.05) is 69.3 Å². The van der Waals surface area contributed by atoms with Gasteiger partial charge in [-0.3, -0.25) is 14.5 Å². The van der Waals surface area contributed by atoms with Crippen molar-refractivity contribution in [2.45, 2.75) is 45.2 Å². The largest absolute Gasteiger partial charge is 0.450 e. The SMILES string of the molecule is CCOC(=O)N1CCN(S(=O)(=O)c2ccc(C(=O)Nc3sc4c(c3C(=O)N(CC)CC)CCN(Cc3ccccc3)C4)cc2)CC1. The van der Waals surface area contributed by atoms with Crippen LogP contribution in [0, 0.1) is 0 Å². The summed E-state index contributed by atoms with van der Waals surface area (Å²) in [4.78, 5) is 45.9. The van der Waals surface area contributed by atoms with E-state index < -0.39 is 22.0 Å². The summed E-state index contributed by atoms with van der Waals surface area (Å²) in [5.74, 6) is -0.515. The van der Waals surface area contributed by atoms with Crippen LogP contribution in [0.25, 0.3) is 0 Å². The summed E-state index contributed by atoms with van der Waals surface area (Å²) in [6, 6.07) is 16.1. The average molecular weight is 668 g/mol. The van der Waals surface area contributed by atoms with E-state index in [2.05, 4.69) is 22.3 Å². The molecule has 0 spiro atoms. The van der Waals surface area contributed by atoms with Crippen molar-refractivity contribution in [2.24, 2.45) is 0 Å². The molecule has 2 aromatic carbocycles. The Morgan fingerprint density at radius 1 is 0.913 bits per heavy atom. The highest BCUT2D eigenvalue weighted by molar-refractivity contribution is 7.89. The van der Waals surface area contributed by atoms with Gasteiger partial charge in [0.25, 0.3) is 11.8 Å². The lowest BCUT2D eigenvalue weighted by Gasteiger charge is -2.33. The molecule has 11 nitrogen and oxygen atoms in total. The number of nitrogens with zero attached hydrogens (tertiary/aromatic N) is 4. The Morgan fingerprint density at radius 2 is 1.59 bits per heavy atom. The molecule has 0 radical (unpaired) electrons. The first-order valence-electron chi connectivity index (χ1n) is 15.7. The van der Waals surface area contributed by atoms with Crippen LogP contribution in [0.4, 0.5) is 9.80 Å². The van der Waals surface area contributed by atoms with Gasteiger partial charge in [-0.25, -0.2) is 13.2 Å². The van der Waals surface area contributed by atoms with E-state index in [4.69, 9.17) is 4.74 Å². The smallest absolute Gasteiger partial charge is 0.409 e. The van der Waals surface area contributed by atoms with Crippen molar-refractivity contribution in [3.8, 4) is 0 Å². The third-order valence-corrected chi connectivity index (χ3v) is 11.4. The number of amides is 3. The van der Waals surface area contributed by atoms with Gasteiger partial charge in [-0.1, -0.05) is 30.3 Å². The molecule has 3 heterocycles. The van der Waals surface area contributed by atoms with Crippen molar-refractivity contribution >= 4 is 44.3 Å². The van der Waals surface area contributed by atoms with Gasteiger partial charge in [0.1, 0.15) is 5.00 Å². The highest BCUT2D eigenvalue weighted by atomic mass is 32.2. The van der Waals surface area contributed by atoms with Crippen LogP contribution in [0.15, 0.2) is 59.5 Å². The number of fused-ring (bicyclic) bond motifs is 1. The minimum atomic E-state index is -3.82. The van der Waals surface area contributed by atoms with Crippen LogP contribution >= 0.6 is 11.3 Å². The first kappa shape index (κ1) is 33.6. The Hall–Kier alpha value is -3.78. The number of piperazine rings is 1. The zero-order valence-corrected chi connectivity index (χ0v) is 28.2. The van der Waals surface area contributed by atoms with E-state index in [1.165, 1.54) is 50.4 Å². The zero-order chi connectivity index (χ0) is 32.8. The number of ether oxygens (including phenoxy) is 1. The second kappa shape index (κ2) is 14.8. The molecule has 5 rings (SSSR count). The third kappa shape index (κ3) is 7.27. The molecule has 0 aliphatic carbocycles. The summed E-state index contributed by atoms with van der Waals surface area (Å²) in [6.45, 7) is 10.0. The maximum absolute atomic E-state index is 13.7. The third-order valence-electron chi connectivity index (χ3n) is 8.40. The molecule has 46 heavy (non-hydrogen) atoms. The molecule has 0 bridgehead atoms. The summed E-state index contributed by atoms with van der Waals surface area (Å²) in [5, 5.41) is 3.50. The number of anilines is 1. The number of thiophene rings is 1. The molecule has 3 aromatic rings. The van der Waals surface area contributed by atoms with Gasteiger partial charge in [0.2, 0.25) is 10.0 Å². The fourth-order valence-electron chi connectivity index (χ4n) is 5.84. The predicted octanol–water partition coefficient (Wildman–Crippen LogP) is 4.50. The normalized spacial score (nSPS) is 15.7. The Labute approximate surface area is 274 Å². The van der Waals surface area contributed by atoms with Crippen molar-refractivity contribution in [3.63, 3.8) is 0 Å². The summed E-state index contributed by atoms with van der Waals surface area (Å²) >= 11 is 1.44. The highest BCUT2D eigenvalue weighted by Gasteiger charge is 2.32. The van der Waals surface area contributed by atoms with Crippen LogP contribution in [0.2, 0.25) is 0 Å². The van der Waals surface area contributed by atoms with Crippen LogP contribution in [-0.4, -0.2) is 97.8 Å². The Bertz CT molecular complexity index is 1650. The first-order chi connectivity index (χ1) is 22.2. The van der Waals surface area contributed by atoms with Crippen molar-refractivity contribution in [1.29, 1.82) is 0 Å². The number of benzene rings is 2. The number of rotatable bonds is 10. The Morgan fingerprint density at radius 3 is 2.22 bits per heavy atom. The van der Waals surface area contributed by atoms with E-state index in [1.54, 1.807) is 11.8 Å². The Kier molecular flexibility index (Phi) is 10.8. The molecule has 1 aromatic heterocycles. The van der Waals surface area contributed by atoms with E-state index in [1.807, 2.05) is 32.0 Å². The minimum absolute atomic E-state index is 0.0659. The molecular formula is C33H41N5O6S2. The highest BCUT2D eigenvalue weighted by Crippen LogP contribution is 2.38. The van der Waals surface area contributed by atoms with Gasteiger partial charge in [-0.05, 0) is 62.6 Å². The fourth-order valence-corrected chi connectivity index (χ4v) is 8.54. The molecule has 2 aliphatic rings. The lowest BCUT2D eigenvalue weighted by molar-refractivity contribution is 0.0772. The van der Waals surface area contributed by atoms with Gasteiger partial charge < -0.3 is 19.9 Å². The summed E-state index contributed by atoms with van der Waals surface area (Å²) < 4.78 is 33.0. The molecular weight excluding hydrogens is 627 g/mol. The van der Waals surface area contributed by atoms with E-state index in [9.17, 15) is 22.8 Å². The van der Waals surface area contributed by atoms with Crippen molar-refractivity contribution < 1.29 is 27.5 Å². The van der Waals surface area contributed by atoms with Crippen LogP contribution in [0.1, 0.15) is 57.5 Å². The van der Waals surface area contributed by atoms with Crippen molar-refractivity contribution in [2.75, 3.05) is 57.7 Å². The topological polar surface area (TPSA) is 120 Å². The monoisotopic (exact) mass is 667 g/mol. The standard InChI is InChI=1S/C33H41N5O6S2/c1-4-36(5-2)32(40)29-27-16-17-35(22-24-10-8-7-9-11-24)23-28(27)45-31(29)34-30(39)25-12-14-26(15-13-25)46(42,43)38-20-18-37(19-21-38)33(41)44-6-3/h7-15H,4-6,16-23H2,1-3H3,(H,34,39). The quantitative estimate of drug-likeness (QED) is 0.338. The maximum Gasteiger partial charge on any atom is 0.409 e. The Balaban J connectivity index is 1.32. The van der Waals surface area contributed by atoms with E-state index in [0.29, 0.717) is 36.6 Å². The van der Waals surface area contributed by atoms with Gasteiger partial charge in [0.15, 0.2) is 0 Å². The molecule has 1 N–H and O–H groups in total. The van der Waals surface area contributed by atoms with Crippen molar-refractivity contribution in [1.82, 2.24) is 19.0 Å². The molecule has 2 aliphatic heterocycles. The number of nitrogens with one attached hydrogen (secondary N) is 1. The zero-order valence-electron chi connectivity index (χ0n) is 26.5. The first-order valence-corrected chi connectivity index (χ1v) is 17.9. The summed E-state index contributed by atoms with van der Waals surface area (Å²) in [7, 11) is -3.82. The number of carbonyl (C=O) groups is 3. The molecule has 13 heteroatoms. The van der Waals surface area contributed by atoms with Crippen LogP contribution < -0.4 is 5.32 Å². The van der Waals surface area contributed by atoms with E-state index in [0.717, 1.165) is 23.5 Å². The summed E-state index contributed by atoms with van der Waals surface area (Å²) in [6.07, 6.45) is 0.255. The number of hydrogen-bond donors (Lipinski definition) is 1. The van der Waals surface area contributed by atoms with Gasteiger partial charge in [0.05, 0.1) is 17.1 Å². The van der Waals surface area contributed by atoms with Gasteiger partial charge in [-0.15, -0.1) is 11.3 Å². The molecule has 246 valence electrons.